The molecule has 0 radical (unpaired) electrons. The van der Waals surface area contributed by atoms with Gasteiger partial charge in [0.1, 0.15) is 11.8 Å². The van der Waals surface area contributed by atoms with Gasteiger partial charge < -0.3 is 15.7 Å². The first-order valence-corrected chi connectivity index (χ1v) is 14.0. The molecule has 0 aromatic carbocycles. The first-order valence-electron chi connectivity index (χ1n) is 14.0. The van der Waals surface area contributed by atoms with Crippen LogP contribution in [-0.4, -0.2) is 95.9 Å². The van der Waals surface area contributed by atoms with Crippen molar-refractivity contribution in [3.8, 4) is 0 Å². The standard InChI is InChI=1S/C27H52N6O5/c1-17(16-24(35)31-25(27(37)38)19(3)14-18(2)23(7)34)22(6)30-26(36)20(4)15-21(5)33-12-10-32(11-13-33)9-8-29-28/h17-22,25,29H,8-16,28H2,1-7H3,(H,30,36)(H,31,35)(H,37,38). The summed E-state index contributed by atoms with van der Waals surface area (Å²) in [5.74, 6) is 2.81. The molecule has 1 saturated heterocycles. The number of carbonyl (C=O) groups excluding carboxylic acids is 3. The molecule has 0 spiro atoms. The van der Waals surface area contributed by atoms with Crippen LogP contribution in [0.5, 0.6) is 0 Å². The predicted octanol–water partition coefficient (Wildman–Crippen LogP) is 0.834. The fourth-order valence-corrected chi connectivity index (χ4v) is 4.94. The topological polar surface area (TPSA) is 157 Å². The lowest BCUT2D eigenvalue weighted by Crippen LogP contribution is -2.51. The molecule has 1 aliphatic rings. The van der Waals surface area contributed by atoms with E-state index in [0.717, 1.165) is 45.7 Å². The third-order valence-corrected chi connectivity index (χ3v) is 8.05. The third kappa shape index (κ3) is 11.8. The summed E-state index contributed by atoms with van der Waals surface area (Å²) in [7, 11) is 0. The molecule has 7 atom stereocenters. The summed E-state index contributed by atoms with van der Waals surface area (Å²) in [4.78, 5) is 53.6. The van der Waals surface area contributed by atoms with Crippen LogP contribution < -0.4 is 21.9 Å². The molecule has 38 heavy (non-hydrogen) atoms. The Kier molecular flexibility index (Phi) is 15.0. The smallest absolute Gasteiger partial charge is 0.326 e. The summed E-state index contributed by atoms with van der Waals surface area (Å²) in [5.41, 5.74) is 2.69. The van der Waals surface area contributed by atoms with Crippen molar-refractivity contribution < 1.29 is 24.3 Å². The molecule has 0 aromatic heterocycles. The Labute approximate surface area is 228 Å². The van der Waals surface area contributed by atoms with Crippen molar-refractivity contribution in [2.75, 3.05) is 39.3 Å². The number of ketones is 1. The van der Waals surface area contributed by atoms with Crippen LogP contribution in [-0.2, 0) is 19.2 Å². The van der Waals surface area contributed by atoms with Crippen molar-refractivity contribution >= 4 is 23.6 Å². The zero-order chi connectivity index (χ0) is 29.0. The van der Waals surface area contributed by atoms with Gasteiger partial charge in [-0.3, -0.25) is 35.5 Å². The molecular weight excluding hydrogens is 488 g/mol. The van der Waals surface area contributed by atoms with Gasteiger partial charge in [0.15, 0.2) is 0 Å². The average molecular weight is 541 g/mol. The molecule has 1 aliphatic heterocycles. The van der Waals surface area contributed by atoms with Gasteiger partial charge in [-0.1, -0.05) is 27.7 Å². The third-order valence-electron chi connectivity index (χ3n) is 8.05. The van der Waals surface area contributed by atoms with Gasteiger partial charge in [-0.05, 0) is 45.4 Å². The zero-order valence-corrected chi connectivity index (χ0v) is 24.5. The molecule has 2 amide bonds. The van der Waals surface area contributed by atoms with Crippen LogP contribution in [0.15, 0.2) is 0 Å². The van der Waals surface area contributed by atoms with E-state index >= 15 is 0 Å². The molecule has 1 rings (SSSR count). The molecule has 6 N–H and O–H groups in total. The second-order valence-electron chi connectivity index (χ2n) is 11.4. The minimum atomic E-state index is -1.12. The Balaban J connectivity index is 2.50. The van der Waals surface area contributed by atoms with Gasteiger partial charge in [-0.25, -0.2) is 4.79 Å². The molecule has 7 unspecified atom stereocenters. The van der Waals surface area contributed by atoms with E-state index in [1.165, 1.54) is 6.92 Å². The van der Waals surface area contributed by atoms with Crippen LogP contribution in [0.1, 0.15) is 67.7 Å². The van der Waals surface area contributed by atoms with E-state index in [-0.39, 0.29) is 53.9 Å². The molecule has 0 bridgehead atoms. The van der Waals surface area contributed by atoms with Gasteiger partial charge in [0.05, 0.1) is 0 Å². The van der Waals surface area contributed by atoms with Gasteiger partial charge in [0.25, 0.3) is 0 Å². The molecule has 1 heterocycles. The molecule has 11 nitrogen and oxygen atoms in total. The van der Waals surface area contributed by atoms with E-state index in [9.17, 15) is 24.3 Å². The van der Waals surface area contributed by atoms with Gasteiger partial charge in [0.2, 0.25) is 11.8 Å². The van der Waals surface area contributed by atoms with Crippen molar-refractivity contribution in [2.45, 2.75) is 85.9 Å². The SMILES string of the molecule is CC(=O)C(C)CC(C)C(NC(=O)CC(C)C(C)NC(=O)C(C)CC(C)N1CCN(CCNN)CC1)C(=O)O. The monoisotopic (exact) mass is 540 g/mol. The molecule has 0 saturated carbocycles. The molecule has 220 valence electrons. The highest BCUT2D eigenvalue weighted by molar-refractivity contribution is 5.84. The van der Waals surface area contributed by atoms with Gasteiger partial charge in [-0.2, -0.15) is 0 Å². The average Bonchev–Trinajstić information content (AvgIpc) is 2.85. The molecular formula is C27H52N6O5. The zero-order valence-electron chi connectivity index (χ0n) is 24.5. The van der Waals surface area contributed by atoms with Crippen molar-refractivity contribution in [3.05, 3.63) is 0 Å². The number of rotatable bonds is 17. The summed E-state index contributed by atoms with van der Waals surface area (Å²) >= 11 is 0. The Morgan fingerprint density at radius 3 is 2.00 bits per heavy atom. The number of hydrogen-bond acceptors (Lipinski definition) is 8. The fourth-order valence-electron chi connectivity index (χ4n) is 4.94. The second kappa shape index (κ2) is 16.8. The second-order valence-corrected chi connectivity index (χ2v) is 11.4. The quantitative estimate of drug-likeness (QED) is 0.133. The van der Waals surface area contributed by atoms with Gasteiger partial charge in [0, 0.05) is 69.6 Å². The number of nitrogens with one attached hydrogen (secondary N) is 3. The van der Waals surface area contributed by atoms with Crippen LogP contribution in [0.25, 0.3) is 0 Å². The Morgan fingerprint density at radius 2 is 1.47 bits per heavy atom. The van der Waals surface area contributed by atoms with Crippen LogP contribution in [0, 0.1) is 23.7 Å². The van der Waals surface area contributed by atoms with Crippen molar-refractivity contribution in [1.82, 2.24) is 25.9 Å². The van der Waals surface area contributed by atoms with Crippen molar-refractivity contribution in [3.63, 3.8) is 0 Å². The first kappa shape index (κ1) is 33.9. The minimum absolute atomic E-state index is 0.00667. The maximum Gasteiger partial charge on any atom is 0.326 e. The summed E-state index contributed by atoms with van der Waals surface area (Å²) in [5, 5.41) is 15.3. The Bertz CT molecular complexity index is 773. The lowest BCUT2D eigenvalue weighted by molar-refractivity contribution is -0.143. The van der Waals surface area contributed by atoms with E-state index in [1.807, 2.05) is 20.8 Å². The number of carboxylic acids is 1. The van der Waals surface area contributed by atoms with Gasteiger partial charge in [-0.15, -0.1) is 0 Å². The van der Waals surface area contributed by atoms with E-state index in [1.54, 1.807) is 13.8 Å². The summed E-state index contributed by atoms with van der Waals surface area (Å²) in [6.45, 7) is 18.4. The highest BCUT2D eigenvalue weighted by Gasteiger charge is 2.30. The van der Waals surface area contributed by atoms with Crippen LogP contribution >= 0.6 is 0 Å². The number of piperazine rings is 1. The summed E-state index contributed by atoms with van der Waals surface area (Å²) < 4.78 is 0. The number of nitrogens with zero attached hydrogens (tertiary/aromatic N) is 2. The highest BCUT2D eigenvalue weighted by atomic mass is 16.4. The molecule has 0 aromatic rings. The van der Waals surface area contributed by atoms with Crippen molar-refractivity contribution in [2.24, 2.45) is 29.5 Å². The lowest BCUT2D eigenvalue weighted by atomic mass is 9.89. The van der Waals surface area contributed by atoms with E-state index < -0.39 is 17.9 Å². The summed E-state index contributed by atoms with van der Waals surface area (Å²) in [6, 6.07) is -1.03. The van der Waals surface area contributed by atoms with Crippen LogP contribution in [0.3, 0.4) is 0 Å². The normalized spacial score (nSPS) is 20.4. The first-order chi connectivity index (χ1) is 17.8. The minimum Gasteiger partial charge on any atom is -0.480 e. The summed E-state index contributed by atoms with van der Waals surface area (Å²) in [6.07, 6.45) is 1.22. The predicted molar refractivity (Wildman–Crippen MR) is 148 cm³/mol. The van der Waals surface area contributed by atoms with Crippen molar-refractivity contribution in [1.29, 1.82) is 0 Å². The van der Waals surface area contributed by atoms with Crippen LogP contribution in [0.4, 0.5) is 0 Å². The number of Topliss-reactive ketones (excluding diaryl/α,β-unsaturated/α-hetero) is 1. The van der Waals surface area contributed by atoms with Gasteiger partial charge >= 0.3 is 5.97 Å². The number of amides is 2. The number of carbonyl (C=O) groups is 4. The fraction of sp³-hybridized carbons (Fsp3) is 0.852. The van der Waals surface area contributed by atoms with E-state index in [0.29, 0.717) is 6.42 Å². The lowest BCUT2D eigenvalue weighted by Gasteiger charge is -2.38. The number of nitrogens with two attached hydrogens (primary N) is 1. The maximum atomic E-state index is 12.9. The number of carboxylic acid groups (broad SMARTS) is 1. The number of hydrogen-bond donors (Lipinski definition) is 5. The molecule has 1 fully saturated rings. The van der Waals surface area contributed by atoms with E-state index in [4.69, 9.17) is 5.84 Å². The van der Waals surface area contributed by atoms with E-state index in [2.05, 4.69) is 32.8 Å². The largest absolute Gasteiger partial charge is 0.480 e. The molecule has 11 heteroatoms. The number of hydrazine groups is 1. The highest BCUT2D eigenvalue weighted by Crippen LogP contribution is 2.19. The Morgan fingerprint density at radius 1 is 0.868 bits per heavy atom. The van der Waals surface area contributed by atoms with Crippen LogP contribution in [0.2, 0.25) is 0 Å². The maximum absolute atomic E-state index is 12.9. The molecule has 0 aliphatic carbocycles. The Hall–Kier alpha value is -2.08. The number of aliphatic carboxylic acids is 1.